The molecule has 0 spiro atoms. The molecule has 0 aliphatic carbocycles. The van der Waals surface area contributed by atoms with Crippen LogP contribution in [0, 0.1) is 12.7 Å². The number of aryl methyl sites for hydroxylation is 1. The molecule has 178 valence electrons. The summed E-state index contributed by atoms with van der Waals surface area (Å²) in [6.07, 6.45) is 0. The van der Waals surface area contributed by atoms with Crippen LogP contribution in [0.5, 0.6) is 0 Å². The van der Waals surface area contributed by atoms with Crippen molar-refractivity contribution in [1.82, 2.24) is 4.90 Å². The molecule has 1 aliphatic heterocycles. The Balaban J connectivity index is 1.53. The smallest absolute Gasteiger partial charge is 0.264 e. The van der Waals surface area contributed by atoms with Gasteiger partial charge in [0.15, 0.2) is 0 Å². The number of amides is 1. The Hall–Kier alpha value is -3.10. The van der Waals surface area contributed by atoms with Gasteiger partial charge in [0.1, 0.15) is 12.4 Å². The molecule has 9 heteroatoms. The minimum Gasteiger partial charge on any atom is -0.368 e. The highest BCUT2D eigenvalue weighted by Crippen LogP contribution is 2.25. The quantitative estimate of drug-likeness (QED) is 0.504. The standard InChI is InChI=1S/C25H25ClFN3O3S/c1-19-5-11-24(12-6-19)34(32,33)30(22-9-7-21(27)8-10-22)18-25(31)29-15-13-28(14-16-29)23-4-2-3-20(26)17-23/h2-12,17H,13-16,18H2,1H3. The Labute approximate surface area is 204 Å². The average molecular weight is 502 g/mol. The molecule has 1 heterocycles. The second-order valence-electron chi connectivity index (χ2n) is 8.15. The van der Waals surface area contributed by atoms with Gasteiger partial charge in [-0.05, 0) is 61.5 Å². The number of nitrogens with zero attached hydrogens (tertiary/aromatic N) is 3. The molecule has 0 atom stereocenters. The predicted molar refractivity (Wildman–Crippen MR) is 132 cm³/mol. The fourth-order valence-electron chi connectivity index (χ4n) is 3.87. The van der Waals surface area contributed by atoms with Gasteiger partial charge in [-0.2, -0.15) is 0 Å². The van der Waals surface area contributed by atoms with E-state index in [0.29, 0.717) is 31.2 Å². The van der Waals surface area contributed by atoms with Crippen molar-refractivity contribution >= 4 is 38.9 Å². The van der Waals surface area contributed by atoms with Gasteiger partial charge in [0, 0.05) is 36.9 Å². The number of piperazine rings is 1. The number of carbonyl (C=O) groups excluding carboxylic acids is 1. The molecule has 3 aromatic rings. The zero-order valence-electron chi connectivity index (χ0n) is 18.7. The van der Waals surface area contributed by atoms with Crippen LogP contribution >= 0.6 is 11.6 Å². The zero-order valence-corrected chi connectivity index (χ0v) is 20.3. The van der Waals surface area contributed by atoms with E-state index in [4.69, 9.17) is 11.6 Å². The van der Waals surface area contributed by atoms with Crippen LogP contribution in [0.2, 0.25) is 5.02 Å². The summed E-state index contributed by atoms with van der Waals surface area (Å²) < 4.78 is 41.5. The van der Waals surface area contributed by atoms with Gasteiger partial charge in [0.2, 0.25) is 5.91 Å². The molecular formula is C25H25ClFN3O3S. The summed E-state index contributed by atoms with van der Waals surface area (Å²) in [4.78, 5) is 17.0. The van der Waals surface area contributed by atoms with Crippen LogP contribution in [0.1, 0.15) is 5.56 Å². The van der Waals surface area contributed by atoms with Crippen LogP contribution in [-0.2, 0) is 14.8 Å². The summed E-state index contributed by atoms with van der Waals surface area (Å²) in [6.45, 7) is 3.60. The van der Waals surface area contributed by atoms with Crippen molar-refractivity contribution in [1.29, 1.82) is 0 Å². The topological polar surface area (TPSA) is 60.9 Å². The predicted octanol–water partition coefficient (Wildman–Crippen LogP) is 4.33. The lowest BCUT2D eigenvalue weighted by molar-refractivity contribution is -0.129. The number of benzene rings is 3. The number of anilines is 2. The molecule has 1 saturated heterocycles. The van der Waals surface area contributed by atoms with Gasteiger partial charge in [0.05, 0.1) is 10.6 Å². The van der Waals surface area contributed by atoms with E-state index in [2.05, 4.69) is 4.90 Å². The van der Waals surface area contributed by atoms with Gasteiger partial charge < -0.3 is 9.80 Å². The van der Waals surface area contributed by atoms with Crippen LogP contribution in [0.3, 0.4) is 0 Å². The summed E-state index contributed by atoms with van der Waals surface area (Å²) >= 11 is 6.09. The fourth-order valence-corrected chi connectivity index (χ4v) is 5.47. The normalized spacial score (nSPS) is 14.2. The maximum atomic E-state index is 13.5. The summed E-state index contributed by atoms with van der Waals surface area (Å²) in [5, 5.41) is 0.646. The van der Waals surface area contributed by atoms with E-state index in [1.54, 1.807) is 17.0 Å². The van der Waals surface area contributed by atoms with Crippen molar-refractivity contribution in [3.8, 4) is 0 Å². The van der Waals surface area contributed by atoms with E-state index in [-0.39, 0.29) is 23.0 Å². The summed E-state index contributed by atoms with van der Waals surface area (Å²) in [7, 11) is -4.04. The minimum atomic E-state index is -4.04. The molecular weight excluding hydrogens is 477 g/mol. The molecule has 0 radical (unpaired) electrons. The first-order valence-corrected chi connectivity index (χ1v) is 12.7. The third kappa shape index (κ3) is 5.34. The van der Waals surface area contributed by atoms with Gasteiger partial charge >= 0.3 is 0 Å². The molecule has 1 amide bonds. The monoisotopic (exact) mass is 501 g/mol. The molecule has 0 saturated carbocycles. The summed E-state index contributed by atoms with van der Waals surface area (Å²) in [5.74, 6) is -0.800. The van der Waals surface area contributed by atoms with E-state index >= 15 is 0 Å². The summed E-state index contributed by atoms with van der Waals surface area (Å²) in [6, 6.07) is 19.1. The number of halogens is 2. The Morgan fingerprint density at radius 3 is 2.24 bits per heavy atom. The molecule has 6 nitrogen and oxygen atoms in total. The lowest BCUT2D eigenvalue weighted by atomic mass is 10.2. The van der Waals surface area contributed by atoms with Crippen molar-refractivity contribution in [2.75, 3.05) is 41.9 Å². The molecule has 0 unspecified atom stereocenters. The largest absolute Gasteiger partial charge is 0.368 e. The molecule has 1 aliphatic rings. The van der Waals surface area contributed by atoms with E-state index in [1.807, 2.05) is 31.2 Å². The maximum absolute atomic E-state index is 13.5. The van der Waals surface area contributed by atoms with Gasteiger partial charge in [0.25, 0.3) is 10.0 Å². The highest BCUT2D eigenvalue weighted by atomic mass is 35.5. The van der Waals surface area contributed by atoms with Crippen LogP contribution < -0.4 is 9.21 Å². The van der Waals surface area contributed by atoms with Crippen molar-refractivity contribution < 1.29 is 17.6 Å². The summed E-state index contributed by atoms with van der Waals surface area (Å²) in [5.41, 5.74) is 2.13. The molecule has 0 aromatic heterocycles. The first-order chi connectivity index (χ1) is 16.2. The fraction of sp³-hybridized carbons (Fsp3) is 0.240. The second-order valence-corrected chi connectivity index (χ2v) is 10.4. The van der Waals surface area contributed by atoms with Crippen LogP contribution in [0.25, 0.3) is 0 Å². The van der Waals surface area contributed by atoms with Gasteiger partial charge in [-0.15, -0.1) is 0 Å². The third-order valence-corrected chi connectivity index (χ3v) is 7.83. The molecule has 4 rings (SSSR count). The molecule has 1 fully saturated rings. The molecule has 0 N–H and O–H groups in total. The minimum absolute atomic E-state index is 0.0704. The van der Waals surface area contributed by atoms with Crippen molar-refractivity contribution in [3.05, 3.63) is 89.2 Å². The number of hydrogen-bond donors (Lipinski definition) is 0. The lowest BCUT2D eigenvalue weighted by Crippen LogP contribution is -2.52. The second kappa shape index (κ2) is 10.0. The van der Waals surface area contributed by atoms with Crippen LogP contribution in [0.4, 0.5) is 15.8 Å². The van der Waals surface area contributed by atoms with Crippen molar-refractivity contribution in [3.63, 3.8) is 0 Å². The lowest BCUT2D eigenvalue weighted by Gasteiger charge is -2.37. The first kappa shape index (κ1) is 24.0. The molecule has 3 aromatic carbocycles. The third-order valence-electron chi connectivity index (χ3n) is 5.81. The Morgan fingerprint density at radius 2 is 1.62 bits per heavy atom. The van der Waals surface area contributed by atoms with Crippen LogP contribution in [0.15, 0.2) is 77.7 Å². The van der Waals surface area contributed by atoms with E-state index < -0.39 is 15.8 Å². The SMILES string of the molecule is Cc1ccc(S(=O)(=O)N(CC(=O)N2CCN(c3cccc(Cl)c3)CC2)c2ccc(F)cc2)cc1. The van der Waals surface area contributed by atoms with Gasteiger partial charge in [-0.25, -0.2) is 12.8 Å². The number of carbonyl (C=O) groups is 1. The first-order valence-electron chi connectivity index (χ1n) is 10.9. The number of sulfonamides is 1. The van der Waals surface area contributed by atoms with E-state index in [1.165, 1.54) is 36.4 Å². The molecule has 0 bridgehead atoms. The number of hydrogen-bond acceptors (Lipinski definition) is 4. The number of rotatable bonds is 6. The average Bonchev–Trinajstić information content (AvgIpc) is 2.83. The maximum Gasteiger partial charge on any atom is 0.264 e. The van der Waals surface area contributed by atoms with Gasteiger partial charge in [-0.3, -0.25) is 9.10 Å². The Kier molecular flexibility index (Phi) is 7.09. The van der Waals surface area contributed by atoms with Gasteiger partial charge in [-0.1, -0.05) is 35.4 Å². The van der Waals surface area contributed by atoms with E-state index in [0.717, 1.165) is 15.6 Å². The van der Waals surface area contributed by atoms with E-state index in [9.17, 15) is 17.6 Å². The highest BCUT2D eigenvalue weighted by Gasteiger charge is 2.30. The van der Waals surface area contributed by atoms with Crippen molar-refractivity contribution in [2.24, 2.45) is 0 Å². The zero-order chi connectivity index (χ0) is 24.3. The van der Waals surface area contributed by atoms with Crippen LogP contribution in [-0.4, -0.2) is 51.9 Å². The molecule has 34 heavy (non-hydrogen) atoms. The highest BCUT2D eigenvalue weighted by molar-refractivity contribution is 7.92. The Bertz CT molecular complexity index is 1260. The Morgan fingerprint density at radius 1 is 0.971 bits per heavy atom. The van der Waals surface area contributed by atoms with Crippen molar-refractivity contribution in [2.45, 2.75) is 11.8 Å².